The summed E-state index contributed by atoms with van der Waals surface area (Å²) < 4.78 is 0. The molecule has 5 nitrogen and oxygen atoms in total. The van der Waals surface area contributed by atoms with Gasteiger partial charge in [-0.1, -0.05) is 13.8 Å². The maximum atomic E-state index is 11.9. The van der Waals surface area contributed by atoms with Crippen LogP contribution in [0.25, 0.3) is 0 Å². The lowest BCUT2D eigenvalue weighted by Gasteiger charge is -2.15. The first-order valence-corrected chi connectivity index (χ1v) is 5.35. The quantitative estimate of drug-likeness (QED) is 0.836. The maximum absolute atomic E-state index is 11.9. The van der Waals surface area contributed by atoms with E-state index in [0.717, 1.165) is 0 Å². The van der Waals surface area contributed by atoms with E-state index in [0.29, 0.717) is 23.8 Å². The predicted molar refractivity (Wildman–Crippen MR) is 63.2 cm³/mol. The van der Waals surface area contributed by atoms with Crippen molar-refractivity contribution in [1.29, 1.82) is 0 Å². The summed E-state index contributed by atoms with van der Waals surface area (Å²) in [4.78, 5) is 21.8. The van der Waals surface area contributed by atoms with Crippen LogP contribution in [0.5, 0.6) is 0 Å². The third-order valence-corrected chi connectivity index (χ3v) is 2.38. The molecular formula is C11H18N4O. The van der Waals surface area contributed by atoms with Gasteiger partial charge in [-0.3, -0.25) is 4.79 Å². The highest BCUT2D eigenvalue weighted by molar-refractivity contribution is 5.96. The van der Waals surface area contributed by atoms with Gasteiger partial charge in [0, 0.05) is 19.5 Å². The molecule has 2 N–H and O–H groups in total. The molecule has 1 aromatic rings. The largest absolute Gasteiger partial charge is 0.396 e. The van der Waals surface area contributed by atoms with Crippen LogP contribution in [0.2, 0.25) is 0 Å². The number of aromatic nitrogens is 2. The third-order valence-electron chi connectivity index (χ3n) is 2.38. The molecule has 16 heavy (non-hydrogen) atoms. The molecular weight excluding hydrogens is 204 g/mol. The van der Waals surface area contributed by atoms with E-state index < -0.39 is 0 Å². The summed E-state index contributed by atoms with van der Waals surface area (Å²) in [5, 5.41) is 0. The molecule has 0 saturated heterocycles. The van der Waals surface area contributed by atoms with Crippen LogP contribution in [-0.2, 0) is 0 Å². The second-order valence-electron chi connectivity index (χ2n) is 4.01. The van der Waals surface area contributed by atoms with Crippen LogP contribution >= 0.6 is 0 Å². The van der Waals surface area contributed by atoms with Crippen molar-refractivity contribution >= 4 is 11.6 Å². The van der Waals surface area contributed by atoms with Crippen molar-refractivity contribution in [3.8, 4) is 0 Å². The van der Waals surface area contributed by atoms with E-state index in [1.54, 1.807) is 11.9 Å². The second-order valence-corrected chi connectivity index (χ2v) is 4.01. The smallest absolute Gasteiger partial charge is 0.274 e. The van der Waals surface area contributed by atoms with E-state index in [1.165, 1.54) is 6.20 Å². The minimum atomic E-state index is -0.163. The predicted octanol–water partition coefficient (Wildman–Crippen LogP) is 1.27. The van der Waals surface area contributed by atoms with Gasteiger partial charge >= 0.3 is 0 Å². The molecule has 0 fully saturated rings. The number of carbonyl (C=O) groups excluding carboxylic acids is 1. The Labute approximate surface area is 95.7 Å². The van der Waals surface area contributed by atoms with Gasteiger partial charge in [0.1, 0.15) is 5.82 Å². The van der Waals surface area contributed by atoms with Gasteiger partial charge < -0.3 is 10.6 Å². The van der Waals surface area contributed by atoms with Gasteiger partial charge in [0.15, 0.2) is 5.69 Å². The van der Waals surface area contributed by atoms with Crippen molar-refractivity contribution in [2.75, 3.05) is 19.3 Å². The summed E-state index contributed by atoms with van der Waals surface area (Å²) in [7, 11) is 1.72. The van der Waals surface area contributed by atoms with Crippen LogP contribution in [0.15, 0.2) is 6.20 Å². The number of anilines is 1. The lowest BCUT2D eigenvalue weighted by Crippen LogP contribution is -2.28. The fraction of sp³-hybridized carbons (Fsp3) is 0.545. The van der Waals surface area contributed by atoms with Gasteiger partial charge in [-0.15, -0.1) is 0 Å². The second kappa shape index (κ2) is 4.92. The van der Waals surface area contributed by atoms with Gasteiger partial charge in [-0.2, -0.15) is 0 Å². The highest BCUT2D eigenvalue weighted by Gasteiger charge is 2.17. The Morgan fingerprint density at radius 1 is 1.56 bits per heavy atom. The zero-order chi connectivity index (χ0) is 12.3. The van der Waals surface area contributed by atoms with E-state index >= 15 is 0 Å². The fourth-order valence-electron chi connectivity index (χ4n) is 1.18. The molecule has 0 aromatic carbocycles. The van der Waals surface area contributed by atoms with Crippen LogP contribution in [0.1, 0.15) is 43.0 Å². The van der Waals surface area contributed by atoms with Gasteiger partial charge in [0.2, 0.25) is 0 Å². The normalized spacial score (nSPS) is 10.6. The molecule has 0 saturated carbocycles. The number of nitrogens with two attached hydrogens (primary N) is 1. The van der Waals surface area contributed by atoms with Crippen LogP contribution in [0, 0.1) is 0 Å². The van der Waals surface area contributed by atoms with E-state index in [9.17, 15) is 4.79 Å². The molecule has 0 aliphatic carbocycles. The standard InChI is InChI=1S/C11H18N4O/c1-5-15(4)11(16)9-8(12)6-13-10(14-9)7(2)3/h6-7H,5,12H2,1-4H3. The lowest BCUT2D eigenvalue weighted by atomic mass is 10.2. The zero-order valence-corrected chi connectivity index (χ0v) is 10.2. The molecule has 1 heterocycles. The van der Waals surface area contributed by atoms with Crippen molar-refractivity contribution in [3.05, 3.63) is 17.7 Å². The number of amides is 1. The summed E-state index contributed by atoms with van der Waals surface area (Å²) in [6.45, 7) is 6.48. The average molecular weight is 222 g/mol. The van der Waals surface area contributed by atoms with Crippen molar-refractivity contribution in [2.24, 2.45) is 0 Å². The molecule has 88 valence electrons. The molecule has 0 atom stereocenters. The SMILES string of the molecule is CCN(C)C(=O)c1nc(C(C)C)ncc1N. The molecule has 0 radical (unpaired) electrons. The monoisotopic (exact) mass is 222 g/mol. The van der Waals surface area contributed by atoms with Crippen LogP contribution < -0.4 is 5.73 Å². The Hall–Kier alpha value is -1.65. The Morgan fingerprint density at radius 3 is 2.69 bits per heavy atom. The number of carbonyl (C=O) groups is 1. The Balaban J connectivity index is 3.12. The molecule has 0 bridgehead atoms. The number of rotatable bonds is 3. The van der Waals surface area contributed by atoms with E-state index in [4.69, 9.17) is 5.73 Å². The summed E-state index contributed by atoms with van der Waals surface area (Å²) in [6.07, 6.45) is 1.50. The third kappa shape index (κ3) is 2.48. The summed E-state index contributed by atoms with van der Waals surface area (Å²) in [5.74, 6) is 0.658. The molecule has 1 rings (SSSR count). The Kier molecular flexibility index (Phi) is 3.82. The summed E-state index contributed by atoms with van der Waals surface area (Å²) >= 11 is 0. The number of nitrogen functional groups attached to an aromatic ring is 1. The topological polar surface area (TPSA) is 72.1 Å². The molecule has 0 unspecified atom stereocenters. The molecule has 0 aliphatic rings. The average Bonchev–Trinajstić information content (AvgIpc) is 2.27. The molecule has 0 aliphatic heterocycles. The van der Waals surface area contributed by atoms with Crippen molar-refractivity contribution in [1.82, 2.24) is 14.9 Å². The van der Waals surface area contributed by atoms with Crippen LogP contribution in [-0.4, -0.2) is 34.4 Å². The molecule has 1 amide bonds. The molecule has 1 aromatic heterocycles. The van der Waals surface area contributed by atoms with Crippen LogP contribution in [0.3, 0.4) is 0 Å². The van der Waals surface area contributed by atoms with E-state index in [2.05, 4.69) is 9.97 Å². The van der Waals surface area contributed by atoms with Gasteiger partial charge in [0.25, 0.3) is 5.91 Å². The highest BCUT2D eigenvalue weighted by Crippen LogP contribution is 2.14. The molecule has 0 spiro atoms. The van der Waals surface area contributed by atoms with E-state index in [1.807, 2.05) is 20.8 Å². The summed E-state index contributed by atoms with van der Waals surface area (Å²) in [6, 6.07) is 0. The number of nitrogens with zero attached hydrogens (tertiary/aromatic N) is 3. The first-order valence-electron chi connectivity index (χ1n) is 5.35. The Bertz CT molecular complexity index is 390. The minimum absolute atomic E-state index is 0.163. The fourth-order valence-corrected chi connectivity index (χ4v) is 1.18. The Morgan fingerprint density at radius 2 is 2.19 bits per heavy atom. The van der Waals surface area contributed by atoms with Gasteiger partial charge in [-0.05, 0) is 6.92 Å². The lowest BCUT2D eigenvalue weighted by molar-refractivity contribution is 0.0797. The van der Waals surface area contributed by atoms with Crippen molar-refractivity contribution in [3.63, 3.8) is 0 Å². The summed E-state index contributed by atoms with van der Waals surface area (Å²) in [5.41, 5.74) is 6.33. The first kappa shape index (κ1) is 12.4. The first-order chi connectivity index (χ1) is 7.47. The highest BCUT2D eigenvalue weighted by atomic mass is 16.2. The minimum Gasteiger partial charge on any atom is -0.396 e. The van der Waals surface area contributed by atoms with Crippen molar-refractivity contribution in [2.45, 2.75) is 26.7 Å². The number of hydrogen-bond donors (Lipinski definition) is 1. The van der Waals surface area contributed by atoms with Crippen LogP contribution in [0.4, 0.5) is 5.69 Å². The van der Waals surface area contributed by atoms with Gasteiger partial charge in [0.05, 0.1) is 11.9 Å². The van der Waals surface area contributed by atoms with Gasteiger partial charge in [-0.25, -0.2) is 9.97 Å². The maximum Gasteiger partial charge on any atom is 0.274 e. The molecule has 5 heteroatoms. The number of hydrogen-bond acceptors (Lipinski definition) is 4. The zero-order valence-electron chi connectivity index (χ0n) is 10.2. The van der Waals surface area contributed by atoms with E-state index in [-0.39, 0.29) is 11.8 Å². The van der Waals surface area contributed by atoms with Crippen molar-refractivity contribution < 1.29 is 4.79 Å².